The van der Waals surface area contributed by atoms with E-state index in [0.717, 1.165) is 175 Å². The number of benzene rings is 12. The molecule has 0 spiro atoms. The third-order valence-corrected chi connectivity index (χ3v) is 23.8. The van der Waals surface area contributed by atoms with Gasteiger partial charge in [-0.25, -0.2) is 0 Å². The van der Waals surface area contributed by atoms with Gasteiger partial charge in [0.1, 0.15) is 11.2 Å². The van der Waals surface area contributed by atoms with Crippen molar-refractivity contribution in [3.63, 3.8) is 0 Å². The Morgan fingerprint density at radius 1 is 0.275 bits per heavy atom. The average Bonchev–Trinajstić information content (AvgIpc) is 1.64. The Bertz CT molecular complexity index is 8100. The maximum atomic E-state index is 7.37. The van der Waals surface area contributed by atoms with Gasteiger partial charge < -0.3 is 48.7 Å². The van der Waals surface area contributed by atoms with Gasteiger partial charge in [-0.3, -0.25) is 0 Å². The molecule has 0 unspecified atom stereocenters. The summed E-state index contributed by atoms with van der Waals surface area (Å²) >= 11 is 0. The molecule has 0 saturated heterocycles. The number of pyridine rings is 8. The topological polar surface area (TPSA) is 129 Å². The van der Waals surface area contributed by atoms with Gasteiger partial charge in [-0.15, -0.1) is 238 Å². The Labute approximate surface area is 905 Å². The quantitative estimate of drug-likeness (QED) is 0.122. The molecule has 0 aliphatic heterocycles. The number of aryl methyl sites for hydroxylation is 10. The number of nitrogens with zero attached hydrogens (tertiary/aromatic N) is 8. The molecule has 0 bridgehead atoms. The number of rotatable bonds is 10. The first-order valence-electron chi connectivity index (χ1n) is 51.7. The first-order valence-corrected chi connectivity index (χ1v) is 45.7. The molecule has 142 heavy (non-hydrogen) atoms. The van der Waals surface area contributed by atoms with Crippen LogP contribution in [0.15, 0.2) is 380 Å². The van der Waals surface area contributed by atoms with Crippen LogP contribution in [0, 0.1) is 111 Å². The summed E-state index contributed by atoms with van der Waals surface area (Å²) in [5, 5.41) is 4.45. The van der Waals surface area contributed by atoms with Crippen LogP contribution in [0.3, 0.4) is 0 Å². The van der Waals surface area contributed by atoms with Crippen molar-refractivity contribution in [2.45, 2.75) is 108 Å². The normalized spacial score (nSPS) is 12.4. The molecular formula is C128H104Ir4N8O2-8. The number of furan rings is 2. The fraction of sp³-hybridized carbons (Fsp3) is 0.125. The van der Waals surface area contributed by atoms with Crippen LogP contribution >= 0.6 is 0 Å². The van der Waals surface area contributed by atoms with E-state index in [-0.39, 0.29) is 80.4 Å². The maximum Gasteiger partial charge on any atom is 0.123 e. The van der Waals surface area contributed by atoms with Crippen molar-refractivity contribution in [1.82, 2.24) is 39.9 Å². The van der Waals surface area contributed by atoms with E-state index in [4.69, 9.17) is 25.3 Å². The van der Waals surface area contributed by atoms with Gasteiger partial charge in [0.15, 0.2) is 0 Å². The summed E-state index contributed by atoms with van der Waals surface area (Å²) < 4.78 is 100. The molecule has 24 rings (SSSR count). The second-order valence-electron chi connectivity index (χ2n) is 33.8. The fourth-order valence-electron chi connectivity index (χ4n) is 16.1. The van der Waals surface area contributed by atoms with Crippen LogP contribution in [0.1, 0.15) is 127 Å². The Morgan fingerprint density at radius 2 is 0.627 bits per heavy atom. The molecule has 0 amide bonds. The summed E-state index contributed by atoms with van der Waals surface area (Å²) in [4.78, 5) is 34.5. The van der Waals surface area contributed by atoms with E-state index in [1.165, 1.54) is 86.0 Å². The van der Waals surface area contributed by atoms with E-state index < -0.39 is 27.4 Å². The van der Waals surface area contributed by atoms with Crippen LogP contribution in [0.4, 0.5) is 0 Å². The smallest absolute Gasteiger partial charge is 0.123 e. The molecule has 0 atom stereocenters. The van der Waals surface area contributed by atoms with Crippen LogP contribution in [0.5, 0.6) is 0 Å². The van der Waals surface area contributed by atoms with Gasteiger partial charge in [0, 0.05) is 146 Å². The molecule has 10 nitrogen and oxygen atoms in total. The summed E-state index contributed by atoms with van der Waals surface area (Å²) in [6, 6.07) is 131. The molecule has 22 aromatic rings. The van der Waals surface area contributed by atoms with Gasteiger partial charge in [-0.2, -0.15) is 0 Å². The summed E-state index contributed by atoms with van der Waals surface area (Å²) in [5.74, 6) is 0.483. The van der Waals surface area contributed by atoms with Gasteiger partial charge in [0.2, 0.25) is 0 Å². The van der Waals surface area contributed by atoms with Crippen LogP contribution in [-0.2, 0) is 99.7 Å². The first-order chi connectivity index (χ1) is 72.2. The van der Waals surface area contributed by atoms with Crippen molar-refractivity contribution in [1.29, 1.82) is 0 Å². The van der Waals surface area contributed by atoms with Crippen LogP contribution in [0.25, 0.3) is 156 Å². The fourth-order valence-corrected chi connectivity index (χ4v) is 16.1. The minimum atomic E-state index is -2.10. The SMILES string of the molecule is CC(C)c1ccnc(-c2[c-]cc3c(c2)oc2ccccc23)c1.CCc1ccnc(-c2[c-]cc3c(c2)oc2ccccc23)c1.Cc1ccnc(-c2[c-]cc3c(c2)Cc2ccccc2-3)c1.[2H]C([2H])([2H])c1cnc(-c2[c-]cccc2)cc1C.[2H]C([2H])([2H])c1cnc(-c2[c-]cccc2)cc1C.[2H]C([2H])([2H])c1cnc(-c2[c-]cccc2)cc1C.[2H]C([2H])([2H])c1cnc(-c2[c-]cccc2)cc1C.[Ir].[Ir].[Ir].[Ir].[c-]1cc2c(cc1-c1ccccn1)Cc1ccccc1-2. The number of aromatic nitrogens is 8. The van der Waals surface area contributed by atoms with Crippen molar-refractivity contribution in [2.75, 3.05) is 0 Å². The molecule has 2 aliphatic rings. The van der Waals surface area contributed by atoms with E-state index in [1.807, 2.05) is 213 Å². The van der Waals surface area contributed by atoms with Gasteiger partial charge >= 0.3 is 0 Å². The second-order valence-corrected chi connectivity index (χ2v) is 33.8. The monoisotopic (exact) mass is 2570 g/mol. The van der Waals surface area contributed by atoms with Crippen molar-refractivity contribution in [3.05, 3.63) is 503 Å². The van der Waals surface area contributed by atoms with E-state index in [1.54, 1.807) is 52.0 Å². The molecule has 10 aromatic heterocycles. The van der Waals surface area contributed by atoms with Crippen LogP contribution < -0.4 is 0 Å². The first kappa shape index (κ1) is 89.4. The zero-order chi connectivity index (χ0) is 105. The minimum absolute atomic E-state index is 0. The number of hydrogen-bond acceptors (Lipinski definition) is 10. The number of hydrogen-bond donors (Lipinski definition) is 0. The molecule has 0 fully saturated rings. The molecule has 12 aromatic carbocycles. The predicted molar refractivity (Wildman–Crippen MR) is 565 cm³/mol. The molecule has 712 valence electrons. The van der Waals surface area contributed by atoms with Gasteiger partial charge in [0.25, 0.3) is 0 Å². The Morgan fingerprint density at radius 3 is 1.01 bits per heavy atom. The van der Waals surface area contributed by atoms with E-state index >= 15 is 0 Å². The Balaban J connectivity index is 0.000000146. The zero-order valence-electron chi connectivity index (χ0n) is 91.1. The predicted octanol–water partition coefficient (Wildman–Crippen LogP) is 31.8. The maximum absolute atomic E-state index is 7.37. The van der Waals surface area contributed by atoms with Crippen molar-refractivity contribution < 1.29 is 106 Å². The summed E-state index contributed by atoms with van der Waals surface area (Å²) in [6.07, 6.45) is 16.1. The van der Waals surface area contributed by atoms with Crippen LogP contribution in [0.2, 0.25) is 0 Å². The number of para-hydroxylation sites is 2. The third kappa shape index (κ3) is 26.2. The van der Waals surface area contributed by atoms with Crippen molar-refractivity contribution in [3.8, 4) is 112 Å². The van der Waals surface area contributed by atoms with Gasteiger partial charge in [0.05, 0.1) is 11.2 Å². The van der Waals surface area contributed by atoms with E-state index in [2.05, 4.69) is 225 Å². The average molecular weight is 2570 g/mol. The molecule has 4 radical (unpaired) electrons. The van der Waals surface area contributed by atoms with Gasteiger partial charge in [-0.1, -0.05) is 244 Å². The number of fused-ring (bicyclic) bond motifs is 12. The summed E-state index contributed by atoms with van der Waals surface area (Å²) in [6.45, 7) is 7.35. The van der Waals surface area contributed by atoms with E-state index in [0.29, 0.717) is 28.2 Å². The molecule has 0 N–H and O–H groups in total. The zero-order valence-corrected chi connectivity index (χ0v) is 88.7. The van der Waals surface area contributed by atoms with Crippen molar-refractivity contribution >= 4 is 43.9 Å². The summed E-state index contributed by atoms with van der Waals surface area (Å²) in [5.41, 5.74) is 36.8. The molecule has 10 heterocycles. The molecule has 0 saturated carbocycles. The van der Waals surface area contributed by atoms with Crippen molar-refractivity contribution in [2.24, 2.45) is 0 Å². The summed E-state index contributed by atoms with van der Waals surface area (Å²) in [7, 11) is 0. The standard InChI is InChI=1S/C20H16NO.C19H14NO.C19H14N.C18H12N.4C13H12N.4Ir/c1-13(2)14-9-10-21-18(11-14)15-7-8-17-16-5-3-4-6-19(16)22-20(17)12-15;1-2-13-9-10-20-17(11-13)14-7-8-16-15-5-3-4-6-18(15)21-19(16)12-14;1-13-8-9-20-19(10-13)15-6-7-18-16(12-15)11-14-4-2-3-5-17(14)18;1-2-6-16-13(5-1)11-15-12-14(8-9-17(15)16)18-7-3-4-10-19-18;4*1-10-8-13(14-9-11(10)2)12-6-4-3-5-7-12;;;;/h3-6,8-13H,1-2H3;3-6,8-12H,2H2,1H3;2-5,7-10,12H,11H2,1H3;1-7,9-10,12H,11H2;4*3-6,8-9H,1-2H3;;;;/q8*-1;;;;/i;;;;4*2D3;;;;. The van der Waals surface area contributed by atoms with E-state index in [9.17, 15) is 0 Å². The van der Waals surface area contributed by atoms with Gasteiger partial charge in [-0.05, 0) is 213 Å². The van der Waals surface area contributed by atoms with Crippen LogP contribution in [-0.4, -0.2) is 39.9 Å². The Kier molecular flexibility index (Phi) is 31.7. The minimum Gasteiger partial charge on any atom is -0.476 e. The third-order valence-electron chi connectivity index (χ3n) is 23.8. The molecular weight excluding hydrogens is 2450 g/mol. The Hall–Kier alpha value is -14.0. The molecule has 2 aliphatic carbocycles. The largest absolute Gasteiger partial charge is 0.476 e. The second kappa shape index (κ2) is 50.4. The molecule has 14 heteroatoms.